The summed E-state index contributed by atoms with van der Waals surface area (Å²) in [5.41, 5.74) is 6.84. The quantitative estimate of drug-likeness (QED) is 0.829. The molecular weight excluding hydrogens is 221 g/mol. The monoisotopic (exact) mass is 241 g/mol. The summed E-state index contributed by atoms with van der Waals surface area (Å²) >= 11 is 0. The van der Waals surface area contributed by atoms with E-state index in [0.717, 1.165) is 12.0 Å². The van der Waals surface area contributed by atoms with Crippen LogP contribution in [0.5, 0.6) is 5.75 Å². The summed E-state index contributed by atoms with van der Waals surface area (Å²) in [5, 5.41) is 0. The highest BCUT2D eigenvalue weighted by molar-refractivity contribution is 5.29. The Hall–Kier alpha value is -1.13. The molecule has 2 N–H and O–H groups in total. The molecule has 0 bridgehead atoms. The molecule has 3 nitrogen and oxygen atoms in total. The van der Waals surface area contributed by atoms with E-state index in [1.165, 1.54) is 13.2 Å². The highest BCUT2D eigenvalue weighted by Crippen LogP contribution is 2.18. The summed E-state index contributed by atoms with van der Waals surface area (Å²) in [4.78, 5) is 0. The van der Waals surface area contributed by atoms with Crippen LogP contribution in [0.1, 0.15) is 18.9 Å². The van der Waals surface area contributed by atoms with Crippen molar-refractivity contribution in [3.63, 3.8) is 0 Å². The highest BCUT2D eigenvalue weighted by atomic mass is 19.1. The molecule has 0 amide bonds. The summed E-state index contributed by atoms with van der Waals surface area (Å²) in [6.45, 7) is 1.97. The first-order chi connectivity index (χ1) is 8.06. The van der Waals surface area contributed by atoms with E-state index in [1.807, 2.05) is 13.0 Å². The van der Waals surface area contributed by atoms with Crippen LogP contribution >= 0.6 is 0 Å². The normalized spacial score (nSPS) is 14.4. The maximum Gasteiger partial charge on any atom is 0.165 e. The standard InChI is InChI=1S/C13H20FNO2/c1-9(16-2)6-11(15)7-10-4-5-13(17-3)12(14)8-10/h4-5,8-9,11H,6-7,15H2,1-3H3. The molecule has 1 aromatic rings. The van der Waals surface area contributed by atoms with E-state index in [0.29, 0.717) is 6.42 Å². The minimum atomic E-state index is -0.350. The van der Waals surface area contributed by atoms with Crippen molar-refractivity contribution in [1.82, 2.24) is 0 Å². The number of hydrogen-bond donors (Lipinski definition) is 1. The van der Waals surface area contributed by atoms with Gasteiger partial charge in [0.25, 0.3) is 0 Å². The third-order valence-electron chi connectivity index (χ3n) is 2.75. The largest absolute Gasteiger partial charge is 0.494 e. The number of rotatable bonds is 6. The average molecular weight is 241 g/mol. The Morgan fingerprint density at radius 2 is 2.06 bits per heavy atom. The molecule has 0 spiro atoms. The van der Waals surface area contributed by atoms with E-state index < -0.39 is 0 Å². The molecule has 0 aliphatic carbocycles. The van der Waals surface area contributed by atoms with Crippen molar-refractivity contribution in [1.29, 1.82) is 0 Å². The van der Waals surface area contributed by atoms with Crippen LogP contribution in [0.4, 0.5) is 4.39 Å². The smallest absolute Gasteiger partial charge is 0.165 e. The van der Waals surface area contributed by atoms with E-state index in [-0.39, 0.29) is 23.7 Å². The zero-order valence-corrected chi connectivity index (χ0v) is 10.6. The van der Waals surface area contributed by atoms with Crippen molar-refractivity contribution in [2.75, 3.05) is 14.2 Å². The minimum Gasteiger partial charge on any atom is -0.494 e. The number of halogens is 1. The molecule has 4 heteroatoms. The first-order valence-electron chi connectivity index (χ1n) is 5.67. The van der Waals surface area contributed by atoms with Crippen molar-refractivity contribution >= 4 is 0 Å². The second kappa shape index (κ2) is 6.57. The zero-order valence-electron chi connectivity index (χ0n) is 10.6. The van der Waals surface area contributed by atoms with Gasteiger partial charge in [-0.15, -0.1) is 0 Å². The second-order valence-electron chi connectivity index (χ2n) is 4.22. The number of methoxy groups -OCH3 is 2. The molecular formula is C13H20FNO2. The van der Waals surface area contributed by atoms with Crippen molar-refractivity contribution in [3.8, 4) is 5.75 Å². The van der Waals surface area contributed by atoms with Crippen LogP contribution < -0.4 is 10.5 Å². The fraction of sp³-hybridized carbons (Fsp3) is 0.538. The van der Waals surface area contributed by atoms with Crippen LogP contribution in [0.25, 0.3) is 0 Å². The van der Waals surface area contributed by atoms with Crippen molar-refractivity contribution < 1.29 is 13.9 Å². The predicted molar refractivity (Wildman–Crippen MR) is 65.7 cm³/mol. The molecule has 17 heavy (non-hydrogen) atoms. The van der Waals surface area contributed by atoms with E-state index in [1.54, 1.807) is 13.2 Å². The van der Waals surface area contributed by atoms with Gasteiger partial charge in [0.2, 0.25) is 0 Å². The summed E-state index contributed by atoms with van der Waals surface area (Å²) in [6, 6.07) is 4.89. The first kappa shape index (κ1) is 13.9. The summed E-state index contributed by atoms with van der Waals surface area (Å²) in [5.74, 6) is -0.0930. The van der Waals surface area contributed by atoms with E-state index in [2.05, 4.69) is 0 Å². The maximum atomic E-state index is 13.4. The van der Waals surface area contributed by atoms with Crippen LogP contribution in [-0.2, 0) is 11.2 Å². The number of nitrogens with two attached hydrogens (primary N) is 1. The van der Waals surface area contributed by atoms with E-state index in [4.69, 9.17) is 15.2 Å². The molecule has 2 atom stereocenters. The SMILES string of the molecule is COc1ccc(CC(N)CC(C)OC)cc1F. The van der Waals surface area contributed by atoms with Gasteiger partial charge in [0.15, 0.2) is 11.6 Å². The lowest BCUT2D eigenvalue weighted by atomic mass is 10.0. The molecule has 0 heterocycles. The molecule has 0 aromatic heterocycles. The van der Waals surface area contributed by atoms with Gasteiger partial charge >= 0.3 is 0 Å². The third kappa shape index (κ3) is 4.32. The Morgan fingerprint density at radius 3 is 2.59 bits per heavy atom. The van der Waals surface area contributed by atoms with E-state index in [9.17, 15) is 4.39 Å². The molecule has 96 valence electrons. The highest BCUT2D eigenvalue weighted by Gasteiger charge is 2.11. The zero-order chi connectivity index (χ0) is 12.8. The van der Waals surface area contributed by atoms with Crippen LogP contribution in [0, 0.1) is 5.82 Å². The molecule has 0 saturated heterocycles. The fourth-order valence-electron chi connectivity index (χ4n) is 1.75. The van der Waals surface area contributed by atoms with Gasteiger partial charge in [-0.1, -0.05) is 6.07 Å². The maximum absolute atomic E-state index is 13.4. The van der Waals surface area contributed by atoms with Gasteiger partial charge in [-0.05, 0) is 37.5 Å². The number of ether oxygens (including phenoxy) is 2. The summed E-state index contributed by atoms with van der Waals surface area (Å²) < 4.78 is 23.4. The predicted octanol–water partition coefficient (Wildman–Crippen LogP) is 2.13. The Morgan fingerprint density at radius 1 is 1.35 bits per heavy atom. The Labute approximate surface area is 102 Å². The Balaban J connectivity index is 2.59. The van der Waals surface area contributed by atoms with Crippen molar-refractivity contribution in [2.24, 2.45) is 5.73 Å². The molecule has 0 aliphatic rings. The van der Waals surface area contributed by atoms with Crippen LogP contribution in [0.3, 0.4) is 0 Å². The second-order valence-corrected chi connectivity index (χ2v) is 4.22. The molecule has 0 fully saturated rings. The van der Waals surface area contributed by atoms with Gasteiger partial charge in [0.1, 0.15) is 0 Å². The van der Waals surface area contributed by atoms with Crippen molar-refractivity contribution in [3.05, 3.63) is 29.6 Å². The van der Waals surface area contributed by atoms with Crippen LogP contribution in [-0.4, -0.2) is 26.4 Å². The Bertz CT molecular complexity index is 357. The fourth-order valence-corrected chi connectivity index (χ4v) is 1.75. The molecule has 2 unspecified atom stereocenters. The lowest BCUT2D eigenvalue weighted by Gasteiger charge is -2.16. The van der Waals surface area contributed by atoms with Gasteiger partial charge in [0.05, 0.1) is 13.2 Å². The average Bonchev–Trinajstić information content (AvgIpc) is 2.29. The van der Waals surface area contributed by atoms with Gasteiger partial charge < -0.3 is 15.2 Å². The van der Waals surface area contributed by atoms with Gasteiger partial charge in [-0.3, -0.25) is 0 Å². The third-order valence-corrected chi connectivity index (χ3v) is 2.75. The van der Waals surface area contributed by atoms with Crippen LogP contribution in [0.2, 0.25) is 0 Å². The lowest BCUT2D eigenvalue weighted by molar-refractivity contribution is 0.104. The van der Waals surface area contributed by atoms with Crippen LogP contribution in [0.15, 0.2) is 18.2 Å². The molecule has 0 saturated carbocycles. The topological polar surface area (TPSA) is 44.5 Å². The van der Waals surface area contributed by atoms with Gasteiger partial charge in [0, 0.05) is 13.2 Å². The van der Waals surface area contributed by atoms with Gasteiger partial charge in [-0.25, -0.2) is 4.39 Å². The molecule has 0 aliphatic heterocycles. The molecule has 1 rings (SSSR count). The summed E-state index contributed by atoms with van der Waals surface area (Å²) in [6.07, 6.45) is 1.51. The molecule has 1 aromatic carbocycles. The molecule has 0 radical (unpaired) electrons. The number of benzene rings is 1. The Kier molecular flexibility index (Phi) is 5.38. The van der Waals surface area contributed by atoms with Crippen molar-refractivity contribution in [2.45, 2.75) is 31.9 Å². The van der Waals surface area contributed by atoms with Gasteiger partial charge in [-0.2, -0.15) is 0 Å². The van der Waals surface area contributed by atoms with E-state index >= 15 is 0 Å². The number of hydrogen-bond acceptors (Lipinski definition) is 3. The minimum absolute atomic E-state index is 0.0299. The lowest BCUT2D eigenvalue weighted by Crippen LogP contribution is -2.28. The first-order valence-corrected chi connectivity index (χ1v) is 5.67. The summed E-state index contributed by atoms with van der Waals surface area (Å²) in [7, 11) is 3.11.